The summed E-state index contributed by atoms with van der Waals surface area (Å²) in [6.07, 6.45) is -0.00515. The summed E-state index contributed by atoms with van der Waals surface area (Å²) in [6, 6.07) is 11.0. The predicted molar refractivity (Wildman–Crippen MR) is 153 cm³/mol. The molecule has 0 saturated carbocycles. The molecule has 3 aromatic rings. The number of benzene rings is 2. The minimum Gasteiger partial charge on any atom is -0.478 e. The highest BCUT2D eigenvalue weighted by molar-refractivity contribution is 5.99. The third-order valence-corrected chi connectivity index (χ3v) is 6.18. The van der Waals surface area contributed by atoms with E-state index in [-0.39, 0.29) is 29.2 Å². The van der Waals surface area contributed by atoms with E-state index in [1.165, 1.54) is 12.1 Å². The zero-order chi connectivity index (χ0) is 30.5. The van der Waals surface area contributed by atoms with Crippen LogP contribution >= 0.6 is 0 Å². The lowest BCUT2D eigenvalue weighted by molar-refractivity contribution is 0.0466. The van der Waals surface area contributed by atoms with Crippen LogP contribution in [0, 0.1) is 25.6 Å². The normalized spacial score (nSPS) is 11.3. The van der Waals surface area contributed by atoms with Gasteiger partial charge in [0.15, 0.2) is 0 Å². The predicted octanol–water partition coefficient (Wildman–Crippen LogP) is 6.78. The summed E-state index contributed by atoms with van der Waals surface area (Å²) in [5.74, 6) is -2.53. The fourth-order valence-corrected chi connectivity index (χ4v) is 4.32. The number of esters is 1. The molecule has 1 aromatic heterocycles. The van der Waals surface area contributed by atoms with Crippen LogP contribution in [0.15, 0.2) is 42.5 Å². The molecule has 0 aliphatic carbocycles. The third kappa shape index (κ3) is 8.36. The average molecular weight is 565 g/mol. The second-order valence-electron chi connectivity index (χ2n) is 11.4. The van der Waals surface area contributed by atoms with Crippen molar-refractivity contribution in [3.63, 3.8) is 0 Å². The number of aromatic carboxylic acids is 1. The number of nitrogens with zero attached hydrogens (tertiary/aromatic N) is 1. The van der Waals surface area contributed by atoms with Crippen molar-refractivity contribution in [3.05, 3.63) is 87.5 Å². The van der Waals surface area contributed by atoms with Gasteiger partial charge in [-0.25, -0.2) is 18.8 Å². The van der Waals surface area contributed by atoms with Crippen molar-refractivity contribution in [1.82, 2.24) is 10.3 Å². The number of hydrogen-bond donors (Lipinski definition) is 2. The van der Waals surface area contributed by atoms with Gasteiger partial charge in [0, 0.05) is 28.9 Å². The van der Waals surface area contributed by atoms with Crippen molar-refractivity contribution in [3.8, 4) is 11.1 Å². The summed E-state index contributed by atoms with van der Waals surface area (Å²) >= 11 is 0. The number of carboxylic acid groups (broad SMARTS) is 1. The third-order valence-electron chi connectivity index (χ3n) is 6.18. The Hall–Kier alpha value is -4.27. The van der Waals surface area contributed by atoms with E-state index >= 15 is 0 Å². The average Bonchev–Trinajstić information content (AvgIpc) is 2.86. The van der Waals surface area contributed by atoms with E-state index in [1.807, 2.05) is 31.2 Å². The summed E-state index contributed by atoms with van der Waals surface area (Å²) in [6.45, 7) is 12.7. The number of carbonyl (C=O) groups excluding carboxylic acids is 2. The Balaban J connectivity index is 2.09. The molecular weight excluding hydrogens is 527 g/mol. The molecule has 41 heavy (non-hydrogen) atoms. The van der Waals surface area contributed by atoms with Crippen LogP contribution in [-0.4, -0.2) is 33.7 Å². The van der Waals surface area contributed by atoms with Gasteiger partial charge in [0.2, 0.25) is 0 Å². The molecule has 1 heterocycles. The maximum Gasteiger partial charge on any atom is 0.407 e. The number of hydrogen-bond acceptors (Lipinski definition) is 6. The van der Waals surface area contributed by atoms with Gasteiger partial charge in [0.25, 0.3) is 0 Å². The van der Waals surface area contributed by atoms with Gasteiger partial charge in [0.1, 0.15) is 18.0 Å². The van der Waals surface area contributed by atoms with Gasteiger partial charge in [-0.1, -0.05) is 49.7 Å². The first-order chi connectivity index (χ1) is 19.2. The number of pyridine rings is 1. The van der Waals surface area contributed by atoms with E-state index in [9.17, 15) is 18.8 Å². The lowest BCUT2D eigenvalue weighted by atomic mass is 9.89. The summed E-state index contributed by atoms with van der Waals surface area (Å²) < 4.78 is 25.5. The highest BCUT2D eigenvalue weighted by Gasteiger charge is 2.26. The van der Waals surface area contributed by atoms with Crippen molar-refractivity contribution < 1.29 is 33.4 Å². The molecule has 0 spiro atoms. The van der Waals surface area contributed by atoms with Crippen molar-refractivity contribution in [2.24, 2.45) is 5.92 Å². The van der Waals surface area contributed by atoms with Crippen LogP contribution in [0.2, 0.25) is 0 Å². The molecule has 0 aliphatic heterocycles. The Morgan fingerprint density at radius 3 is 2.27 bits per heavy atom. The Morgan fingerprint density at radius 1 is 1.05 bits per heavy atom. The van der Waals surface area contributed by atoms with Gasteiger partial charge >= 0.3 is 18.0 Å². The fourth-order valence-electron chi connectivity index (χ4n) is 4.32. The molecule has 0 atom stereocenters. The van der Waals surface area contributed by atoms with E-state index in [4.69, 9.17) is 19.6 Å². The number of ether oxygens (including phenoxy) is 2. The van der Waals surface area contributed by atoms with Crippen LogP contribution in [-0.2, 0) is 29.0 Å². The van der Waals surface area contributed by atoms with Crippen LogP contribution in [0.5, 0.6) is 0 Å². The molecule has 0 bridgehead atoms. The van der Waals surface area contributed by atoms with Crippen LogP contribution < -0.4 is 5.32 Å². The van der Waals surface area contributed by atoms with Crippen LogP contribution in [0.4, 0.5) is 9.18 Å². The number of aromatic nitrogens is 1. The standard InChI is InChI=1S/C32H37FN2O6/c1-18(2)14-26-24(16-34-31(39)41-32(5,6)7)28(21-10-8-19(3)9-11-21)27(20(4)35-26)30(38)40-17-23-13-12-22(29(36)37)15-25(23)33/h8-13,15,18H,14,16-17H2,1-7H3,(H,34,39)(H,36,37). The maximum absolute atomic E-state index is 14.5. The number of carboxylic acids is 1. The van der Waals surface area contributed by atoms with E-state index in [0.29, 0.717) is 23.2 Å². The molecule has 0 unspecified atom stereocenters. The minimum absolute atomic E-state index is 0.0362. The molecule has 218 valence electrons. The number of aryl methyl sites for hydroxylation is 2. The quantitative estimate of drug-likeness (QED) is 0.275. The first-order valence-corrected chi connectivity index (χ1v) is 13.4. The van der Waals surface area contributed by atoms with Crippen LogP contribution in [0.3, 0.4) is 0 Å². The molecule has 2 N–H and O–H groups in total. The molecule has 0 aliphatic rings. The second kappa shape index (κ2) is 12.9. The van der Waals surface area contributed by atoms with Gasteiger partial charge in [-0.3, -0.25) is 4.98 Å². The zero-order valence-electron chi connectivity index (χ0n) is 24.6. The highest BCUT2D eigenvalue weighted by atomic mass is 19.1. The van der Waals surface area contributed by atoms with Gasteiger partial charge in [-0.2, -0.15) is 0 Å². The minimum atomic E-state index is -1.26. The zero-order valence-corrected chi connectivity index (χ0v) is 24.6. The van der Waals surface area contributed by atoms with Crippen molar-refractivity contribution in [1.29, 1.82) is 0 Å². The highest BCUT2D eigenvalue weighted by Crippen LogP contribution is 2.34. The summed E-state index contributed by atoms with van der Waals surface area (Å²) in [5, 5.41) is 11.9. The molecule has 0 radical (unpaired) electrons. The van der Waals surface area contributed by atoms with Gasteiger partial charge < -0.3 is 19.9 Å². The molecule has 9 heteroatoms. The SMILES string of the molecule is Cc1ccc(-c2c(CNC(=O)OC(C)(C)C)c(CC(C)C)nc(C)c2C(=O)OCc2ccc(C(=O)O)cc2F)cc1. The van der Waals surface area contributed by atoms with E-state index < -0.39 is 36.1 Å². The topological polar surface area (TPSA) is 115 Å². The second-order valence-corrected chi connectivity index (χ2v) is 11.4. The largest absolute Gasteiger partial charge is 0.478 e. The van der Waals surface area contributed by atoms with Crippen LogP contribution in [0.25, 0.3) is 11.1 Å². The smallest absolute Gasteiger partial charge is 0.407 e. The first-order valence-electron chi connectivity index (χ1n) is 13.4. The summed E-state index contributed by atoms with van der Waals surface area (Å²) in [5.41, 5.74) is 3.49. The monoisotopic (exact) mass is 564 g/mol. The lowest BCUT2D eigenvalue weighted by Crippen LogP contribution is -2.32. The molecule has 2 aromatic carbocycles. The maximum atomic E-state index is 14.5. The number of rotatable bonds is 9. The first kappa shape index (κ1) is 31.3. The lowest BCUT2D eigenvalue weighted by Gasteiger charge is -2.23. The Labute approximate surface area is 239 Å². The molecule has 0 saturated heterocycles. The Kier molecular flexibility index (Phi) is 9.86. The number of amides is 1. The summed E-state index contributed by atoms with van der Waals surface area (Å²) in [4.78, 5) is 42.1. The van der Waals surface area contributed by atoms with Crippen molar-refractivity contribution in [2.45, 2.75) is 73.6 Å². The van der Waals surface area contributed by atoms with E-state index in [0.717, 1.165) is 22.9 Å². The Bertz CT molecular complexity index is 1440. The number of halogens is 1. The van der Waals surface area contributed by atoms with Crippen molar-refractivity contribution in [2.75, 3.05) is 0 Å². The van der Waals surface area contributed by atoms with Gasteiger partial charge in [0.05, 0.1) is 16.8 Å². The number of carbonyl (C=O) groups is 3. The van der Waals surface area contributed by atoms with Gasteiger partial charge in [-0.15, -0.1) is 0 Å². The van der Waals surface area contributed by atoms with Gasteiger partial charge in [-0.05, 0) is 64.7 Å². The fraction of sp³-hybridized carbons (Fsp3) is 0.375. The number of nitrogens with one attached hydrogen (secondary N) is 1. The van der Waals surface area contributed by atoms with Crippen molar-refractivity contribution >= 4 is 18.0 Å². The molecule has 8 nitrogen and oxygen atoms in total. The Morgan fingerprint density at radius 2 is 1.71 bits per heavy atom. The molecule has 0 fully saturated rings. The van der Waals surface area contributed by atoms with E-state index in [2.05, 4.69) is 19.2 Å². The molecular formula is C32H37FN2O6. The molecule has 1 amide bonds. The number of alkyl carbamates (subject to hydrolysis) is 1. The summed E-state index contributed by atoms with van der Waals surface area (Å²) in [7, 11) is 0. The van der Waals surface area contributed by atoms with Crippen LogP contribution in [0.1, 0.15) is 83.4 Å². The van der Waals surface area contributed by atoms with E-state index in [1.54, 1.807) is 27.7 Å². The molecule has 3 rings (SSSR count).